The average molecular weight is 514 g/mol. The van der Waals surface area contributed by atoms with E-state index in [9.17, 15) is 23.4 Å². The van der Waals surface area contributed by atoms with Gasteiger partial charge in [0.1, 0.15) is 24.4 Å². The Bertz CT molecular complexity index is 1210. The van der Waals surface area contributed by atoms with E-state index in [1.165, 1.54) is 19.2 Å². The monoisotopic (exact) mass is 514 g/mol. The van der Waals surface area contributed by atoms with Crippen molar-refractivity contribution >= 4 is 23.0 Å². The van der Waals surface area contributed by atoms with E-state index >= 15 is 0 Å². The number of aliphatic carboxylic acids is 1. The highest BCUT2D eigenvalue weighted by molar-refractivity contribution is 5.82. The van der Waals surface area contributed by atoms with Crippen molar-refractivity contribution < 1.29 is 38.0 Å². The van der Waals surface area contributed by atoms with Crippen molar-refractivity contribution in [3.05, 3.63) is 24.3 Å². The second-order valence-electron chi connectivity index (χ2n) is 8.54. The zero-order chi connectivity index (χ0) is 26.2. The summed E-state index contributed by atoms with van der Waals surface area (Å²) in [6, 6.07) is 0.385. The molecule has 4 N–H and O–H groups in total. The number of fused-ring (bicyclic) bond motifs is 1. The lowest BCUT2D eigenvalue weighted by atomic mass is 10.1. The molecule has 36 heavy (non-hydrogen) atoms. The van der Waals surface area contributed by atoms with Crippen molar-refractivity contribution in [3.8, 4) is 0 Å². The predicted octanol–water partition coefficient (Wildman–Crippen LogP) is 1.24. The number of anilines is 1. The van der Waals surface area contributed by atoms with Crippen LogP contribution in [0.5, 0.6) is 0 Å². The van der Waals surface area contributed by atoms with Gasteiger partial charge in [-0.15, -0.1) is 0 Å². The number of carboxylic acid groups (broad SMARTS) is 1. The fourth-order valence-electron chi connectivity index (χ4n) is 4.12. The average Bonchev–Trinajstić information content (AvgIpc) is 3.59. The molecule has 196 valence electrons. The molecule has 4 heterocycles. The number of carboxylic acids is 1. The number of aliphatic hydroxyl groups is 2. The van der Waals surface area contributed by atoms with Gasteiger partial charge in [-0.2, -0.15) is 18.3 Å². The van der Waals surface area contributed by atoms with Gasteiger partial charge in [0.2, 0.25) is 0 Å². The van der Waals surface area contributed by atoms with Gasteiger partial charge in [0, 0.05) is 13.1 Å². The van der Waals surface area contributed by atoms with Gasteiger partial charge >= 0.3 is 12.1 Å². The molecular weight excluding hydrogens is 489 g/mol. The number of nitrogens with zero attached hydrogens (tertiary/aromatic N) is 7. The first-order valence-electron chi connectivity index (χ1n) is 11.1. The van der Waals surface area contributed by atoms with Crippen molar-refractivity contribution in [2.24, 2.45) is 7.05 Å². The quantitative estimate of drug-likeness (QED) is 0.394. The Morgan fingerprint density at radius 1 is 1.17 bits per heavy atom. The topological polar surface area (TPSA) is 173 Å². The van der Waals surface area contributed by atoms with E-state index in [4.69, 9.17) is 14.6 Å². The molecule has 0 unspecified atom stereocenters. The van der Waals surface area contributed by atoms with E-state index in [1.807, 2.05) is 6.92 Å². The van der Waals surface area contributed by atoms with Crippen LogP contribution in [0.4, 0.5) is 19.0 Å². The molecule has 1 saturated heterocycles. The van der Waals surface area contributed by atoms with Crippen LogP contribution in [0.2, 0.25) is 0 Å². The van der Waals surface area contributed by atoms with Gasteiger partial charge in [-0.3, -0.25) is 9.25 Å². The first kappa shape index (κ1) is 25.7. The van der Waals surface area contributed by atoms with Crippen molar-refractivity contribution in [1.29, 1.82) is 0 Å². The third-order valence-corrected chi connectivity index (χ3v) is 6.06. The number of carbonyl (C=O) groups is 1. The van der Waals surface area contributed by atoms with E-state index in [0.717, 1.165) is 12.8 Å². The maximum absolute atomic E-state index is 10.7. The predicted molar refractivity (Wildman–Crippen MR) is 116 cm³/mol. The molecule has 3 aromatic heterocycles. The van der Waals surface area contributed by atoms with Crippen LogP contribution in [0.15, 0.2) is 12.7 Å². The van der Waals surface area contributed by atoms with E-state index in [1.54, 1.807) is 22.6 Å². The number of alkyl halides is 3. The van der Waals surface area contributed by atoms with Crippen LogP contribution >= 0.6 is 0 Å². The summed E-state index contributed by atoms with van der Waals surface area (Å²) in [6.07, 6.45) is -1.47. The lowest BCUT2D eigenvalue weighted by Crippen LogP contribution is -2.29. The third kappa shape index (κ3) is 5.10. The molecule has 1 aliphatic carbocycles. The van der Waals surface area contributed by atoms with Gasteiger partial charge in [-0.05, 0) is 19.8 Å². The highest BCUT2D eigenvalue weighted by Gasteiger charge is 2.47. The number of aliphatic hydroxyl groups excluding tert-OH is 2. The Kier molecular flexibility index (Phi) is 7.10. The minimum Gasteiger partial charge on any atom is -0.475 e. The zero-order valence-electron chi connectivity index (χ0n) is 19.3. The second kappa shape index (κ2) is 9.94. The molecule has 16 heteroatoms. The standard InChI is InChI=1S/C18H24N8O3.C2HF3O2/c1-9-22-16(24-25(9)2)14-12(27)13(28)18(29-14)26-8-21-11-15(19-7-20-17(11)26)23-10-5-3-4-6-10;3-2(4,5)1(6)7/h7-8,10,12-14,18,27-28H,3-6H2,1-2H3,(H,19,20,23);(H,6,7)/t12-,13+,14-,18+;/m0./s1. The maximum Gasteiger partial charge on any atom is 0.490 e. The van der Waals surface area contributed by atoms with E-state index < -0.39 is 36.7 Å². The van der Waals surface area contributed by atoms with Gasteiger partial charge < -0.3 is 25.4 Å². The van der Waals surface area contributed by atoms with Gasteiger partial charge in [0.15, 0.2) is 35.1 Å². The minimum absolute atomic E-state index is 0.335. The second-order valence-corrected chi connectivity index (χ2v) is 8.54. The van der Waals surface area contributed by atoms with E-state index in [-0.39, 0.29) is 0 Å². The number of hydrogen-bond acceptors (Lipinski definition) is 10. The number of halogens is 3. The number of aromatic nitrogens is 7. The summed E-state index contributed by atoms with van der Waals surface area (Å²) in [5.41, 5.74) is 1.14. The first-order chi connectivity index (χ1) is 17.0. The lowest BCUT2D eigenvalue weighted by Gasteiger charge is -2.17. The number of nitrogens with one attached hydrogen (secondary N) is 1. The van der Waals surface area contributed by atoms with Gasteiger partial charge in [-0.1, -0.05) is 12.8 Å². The molecule has 4 atom stereocenters. The molecule has 2 aliphatic rings. The highest BCUT2D eigenvalue weighted by atomic mass is 19.4. The maximum atomic E-state index is 10.7. The summed E-state index contributed by atoms with van der Waals surface area (Å²) in [5.74, 6) is -1.06. The summed E-state index contributed by atoms with van der Waals surface area (Å²) in [6.45, 7) is 1.81. The number of aryl methyl sites for hydroxylation is 2. The first-order valence-corrected chi connectivity index (χ1v) is 11.1. The number of imidazole rings is 1. The van der Waals surface area contributed by atoms with E-state index in [2.05, 4.69) is 30.4 Å². The van der Waals surface area contributed by atoms with Crippen molar-refractivity contribution in [2.75, 3.05) is 5.32 Å². The summed E-state index contributed by atoms with van der Waals surface area (Å²) < 4.78 is 40.9. The largest absolute Gasteiger partial charge is 0.490 e. The summed E-state index contributed by atoms with van der Waals surface area (Å²) in [7, 11) is 1.76. The summed E-state index contributed by atoms with van der Waals surface area (Å²) in [5, 5.41) is 36.1. The summed E-state index contributed by atoms with van der Waals surface area (Å²) >= 11 is 0. The molecule has 13 nitrogen and oxygen atoms in total. The molecule has 5 rings (SSSR count). The van der Waals surface area contributed by atoms with Crippen LogP contribution in [0.1, 0.15) is 49.7 Å². The molecule has 3 aromatic rings. The number of ether oxygens (including phenoxy) is 1. The van der Waals surface area contributed by atoms with Crippen LogP contribution in [0, 0.1) is 6.92 Å². The van der Waals surface area contributed by atoms with E-state index in [0.29, 0.717) is 34.7 Å². The van der Waals surface area contributed by atoms with Gasteiger partial charge in [0.25, 0.3) is 0 Å². The van der Waals surface area contributed by atoms with Gasteiger partial charge in [0.05, 0.1) is 6.33 Å². The molecule has 1 aliphatic heterocycles. The fourth-order valence-corrected chi connectivity index (χ4v) is 4.12. The third-order valence-electron chi connectivity index (χ3n) is 6.06. The smallest absolute Gasteiger partial charge is 0.475 e. The van der Waals surface area contributed by atoms with Crippen molar-refractivity contribution in [2.45, 2.75) is 69.4 Å². The highest BCUT2D eigenvalue weighted by Crippen LogP contribution is 2.39. The Balaban J connectivity index is 0.000000384. The SMILES string of the molecule is Cc1nc([C@H]2O[C@@H](n3cnc4c(NC5CCCC5)ncnc43)[C@H](O)[C@@H]2O)nn1C.O=C(O)C(F)(F)F. The van der Waals surface area contributed by atoms with Crippen LogP contribution in [0.3, 0.4) is 0 Å². The van der Waals surface area contributed by atoms with Crippen molar-refractivity contribution in [3.63, 3.8) is 0 Å². The Hall–Kier alpha value is -3.37. The van der Waals surface area contributed by atoms with Crippen LogP contribution in [0.25, 0.3) is 11.2 Å². The molecule has 0 radical (unpaired) electrons. The van der Waals surface area contributed by atoms with Crippen molar-refractivity contribution in [1.82, 2.24) is 34.3 Å². The van der Waals surface area contributed by atoms with Crippen LogP contribution in [-0.2, 0) is 16.6 Å². The number of hydrogen-bond donors (Lipinski definition) is 4. The molecule has 0 amide bonds. The molecule has 2 fully saturated rings. The molecule has 1 saturated carbocycles. The fraction of sp³-hybridized carbons (Fsp3) is 0.600. The van der Waals surface area contributed by atoms with Crippen LogP contribution < -0.4 is 5.32 Å². The molecule has 0 bridgehead atoms. The van der Waals surface area contributed by atoms with Crippen LogP contribution in [-0.4, -0.2) is 80.0 Å². The Morgan fingerprint density at radius 2 is 1.83 bits per heavy atom. The Labute approximate surface area is 202 Å². The Morgan fingerprint density at radius 3 is 2.42 bits per heavy atom. The normalized spacial score (nSPS) is 24.6. The summed E-state index contributed by atoms with van der Waals surface area (Å²) in [4.78, 5) is 26.3. The van der Waals surface area contributed by atoms with Gasteiger partial charge in [-0.25, -0.2) is 24.7 Å². The molecule has 0 spiro atoms. The number of rotatable bonds is 4. The molecular formula is C20H25F3N8O5. The lowest BCUT2D eigenvalue weighted by molar-refractivity contribution is -0.192. The minimum atomic E-state index is -5.08. The zero-order valence-corrected chi connectivity index (χ0v) is 19.3. The molecule has 0 aromatic carbocycles.